The van der Waals surface area contributed by atoms with Crippen molar-refractivity contribution in [3.05, 3.63) is 107 Å². The van der Waals surface area contributed by atoms with E-state index in [0.29, 0.717) is 23.4 Å². The number of amides is 1. The number of carbonyl (C=O) groups excluding carboxylic acids is 1. The van der Waals surface area contributed by atoms with Gasteiger partial charge in [-0.1, -0.05) is 61.2 Å². The number of hydrogen-bond donors (Lipinski definition) is 3. The van der Waals surface area contributed by atoms with Crippen LogP contribution in [0.25, 0.3) is 11.1 Å². The highest BCUT2D eigenvalue weighted by Crippen LogP contribution is 2.45. The van der Waals surface area contributed by atoms with Gasteiger partial charge >= 0.3 is 5.97 Å². The molecule has 1 aliphatic carbocycles. The standard InChI is InChI=1S/C35H34ClN3O4/c1-22(40)37-28-14-17-31(23-7-12-27(36)13-8-23)26(19-28)21-43-30-15-9-24(10-16-30)34-38-32-20-25(35(41)42)11-18-33(32)39(34)29-5-3-2-4-6-29/h7-20,29,34,38H,2-6,21H2,1H3,(H,37,40)(H,41,42). The molecule has 2 aliphatic rings. The number of carboxylic acid groups (broad SMARTS) is 1. The van der Waals surface area contributed by atoms with E-state index in [1.807, 2.05) is 60.7 Å². The normalized spacial score (nSPS) is 16.3. The smallest absolute Gasteiger partial charge is 0.335 e. The summed E-state index contributed by atoms with van der Waals surface area (Å²) in [5.41, 5.74) is 6.91. The van der Waals surface area contributed by atoms with Crippen LogP contribution in [0.2, 0.25) is 5.02 Å². The summed E-state index contributed by atoms with van der Waals surface area (Å²) in [6.07, 6.45) is 5.79. The van der Waals surface area contributed by atoms with Gasteiger partial charge in [0, 0.05) is 23.7 Å². The van der Waals surface area contributed by atoms with Crippen molar-refractivity contribution in [3.63, 3.8) is 0 Å². The number of nitrogens with zero attached hydrogens (tertiary/aromatic N) is 1. The van der Waals surface area contributed by atoms with Crippen molar-refractivity contribution < 1.29 is 19.4 Å². The lowest BCUT2D eigenvalue weighted by molar-refractivity contribution is -0.114. The first kappa shape index (κ1) is 28.6. The van der Waals surface area contributed by atoms with Crippen molar-refractivity contribution in [2.75, 3.05) is 15.5 Å². The van der Waals surface area contributed by atoms with Crippen LogP contribution in [-0.2, 0) is 11.4 Å². The summed E-state index contributed by atoms with van der Waals surface area (Å²) < 4.78 is 6.26. The van der Waals surface area contributed by atoms with E-state index < -0.39 is 5.97 Å². The van der Waals surface area contributed by atoms with E-state index in [1.54, 1.807) is 12.1 Å². The van der Waals surface area contributed by atoms with Crippen LogP contribution >= 0.6 is 11.6 Å². The summed E-state index contributed by atoms with van der Waals surface area (Å²) >= 11 is 6.12. The Morgan fingerprint density at radius 1 is 0.953 bits per heavy atom. The molecule has 43 heavy (non-hydrogen) atoms. The first-order chi connectivity index (χ1) is 20.9. The van der Waals surface area contributed by atoms with Crippen molar-refractivity contribution in [1.29, 1.82) is 0 Å². The number of anilines is 3. The maximum absolute atomic E-state index is 11.7. The van der Waals surface area contributed by atoms with Crippen molar-refractivity contribution in [2.24, 2.45) is 0 Å². The lowest BCUT2D eigenvalue weighted by Crippen LogP contribution is -2.39. The van der Waals surface area contributed by atoms with Gasteiger partial charge < -0.3 is 25.4 Å². The van der Waals surface area contributed by atoms with E-state index in [-0.39, 0.29) is 17.6 Å². The van der Waals surface area contributed by atoms with E-state index in [1.165, 1.54) is 26.2 Å². The third kappa shape index (κ3) is 6.32. The third-order valence-electron chi connectivity index (χ3n) is 8.23. The molecule has 0 saturated heterocycles. The van der Waals surface area contributed by atoms with Crippen LogP contribution in [0, 0.1) is 0 Å². The van der Waals surface area contributed by atoms with Crippen molar-refractivity contribution in [1.82, 2.24) is 0 Å². The van der Waals surface area contributed by atoms with Crippen LogP contribution < -0.4 is 20.3 Å². The van der Waals surface area contributed by atoms with E-state index in [9.17, 15) is 14.7 Å². The zero-order chi connectivity index (χ0) is 29.9. The van der Waals surface area contributed by atoms with Crippen LogP contribution in [0.5, 0.6) is 5.75 Å². The minimum absolute atomic E-state index is 0.0953. The number of halogens is 1. The molecule has 1 aliphatic heterocycles. The summed E-state index contributed by atoms with van der Waals surface area (Å²) in [5, 5.41) is 16.7. The second-order valence-corrected chi connectivity index (χ2v) is 11.6. The van der Waals surface area contributed by atoms with Gasteiger partial charge in [-0.2, -0.15) is 0 Å². The monoisotopic (exact) mass is 595 g/mol. The van der Waals surface area contributed by atoms with Crippen molar-refractivity contribution in [3.8, 4) is 16.9 Å². The average molecular weight is 596 g/mol. The number of hydrogen-bond acceptors (Lipinski definition) is 5. The highest BCUT2D eigenvalue weighted by molar-refractivity contribution is 6.30. The average Bonchev–Trinajstić information content (AvgIpc) is 3.40. The van der Waals surface area contributed by atoms with E-state index in [2.05, 4.69) is 27.7 Å². The summed E-state index contributed by atoms with van der Waals surface area (Å²) in [7, 11) is 0. The molecule has 4 aromatic rings. The predicted octanol–water partition coefficient (Wildman–Crippen LogP) is 8.51. The van der Waals surface area contributed by atoms with Gasteiger partial charge in [-0.25, -0.2) is 4.79 Å². The molecule has 4 aromatic carbocycles. The van der Waals surface area contributed by atoms with Crippen LogP contribution in [0.3, 0.4) is 0 Å². The minimum Gasteiger partial charge on any atom is -0.489 e. The number of fused-ring (bicyclic) bond motifs is 1. The molecule has 0 aromatic heterocycles. The largest absolute Gasteiger partial charge is 0.489 e. The van der Waals surface area contributed by atoms with Gasteiger partial charge in [-0.15, -0.1) is 0 Å². The Balaban J connectivity index is 1.23. The van der Waals surface area contributed by atoms with Crippen LogP contribution in [0.15, 0.2) is 84.9 Å². The first-order valence-corrected chi connectivity index (χ1v) is 15.0. The Hall–Kier alpha value is -4.49. The molecular weight excluding hydrogens is 562 g/mol. The third-order valence-corrected chi connectivity index (χ3v) is 8.48. The highest BCUT2D eigenvalue weighted by Gasteiger charge is 2.36. The molecule has 7 nitrogen and oxygen atoms in total. The molecule has 0 radical (unpaired) electrons. The second kappa shape index (κ2) is 12.4. The van der Waals surface area contributed by atoms with Crippen LogP contribution in [0.4, 0.5) is 17.1 Å². The maximum atomic E-state index is 11.7. The second-order valence-electron chi connectivity index (χ2n) is 11.2. The number of carbonyl (C=O) groups is 2. The zero-order valence-electron chi connectivity index (χ0n) is 24.0. The minimum atomic E-state index is -0.930. The van der Waals surface area contributed by atoms with E-state index >= 15 is 0 Å². The van der Waals surface area contributed by atoms with Gasteiger partial charge in [0.15, 0.2) is 0 Å². The number of carboxylic acids is 1. The molecule has 1 unspecified atom stereocenters. The lowest BCUT2D eigenvalue weighted by Gasteiger charge is -2.37. The van der Waals surface area contributed by atoms with Gasteiger partial charge in [-0.3, -0.25) is 4.79 Å². The zero-order valence-corrected chi connectivity index (χ0v) is 24.7. The topological polar surface area (TPSA) is 90.9 Å². The first-order valence-electron chi connectivity index (χ1n) is 14.7. The quantitative estimate of drug-likeness (QED) is 0.189. The molecule has 220 valence electrons. The molecule has 1 saturated carbocycles. The highest BCUT2D eigenvalue weighted by atomic mass is 35.5. The van der Waals surface area contributed by atoms with Crippen LogP contribution in [0.1, 0.15) is 66.7 Å². The summed E-state index contributed by atoms with van der Waals surface area (Å²) in [5.74, 6) is -0.338. The fraction of sp³-hybridized carbons (Fsp3) is 0.257. The molecule has 1 amide bonds. The van der Waals surface area contributed by atoms with E-state index in [4.69, 9.17) is 16.3 Å². The Kier molecular flexibility index (Phi) is 8.25. The molecular formula is C35H34ClN3O4. The van der Waals surface area contributed by atoms with Crippen LogP contribution in [-0.4, -0.2) is 23.0 Å². The number of ether oxygens (including phenoxy) is 1. The van der Waals surface area contributed by atoms with Gasteiger partial charge in [0.05, 0.1) is 16.9 Å². The Morgan fingerprint density at radius 2 is 1.70 bits per heavy atom. The van der Waals surface area contributed by atoms with Crippen molar-refractivity contribution in [2.45, 2.75) is 57.8 Å². The fourth-order valence-electron chi connectivity index (χ4n) is 6.19. The predicted molar refractivity (Wildman–Crippen MR) is 171 cm³/mol. The summed E-state index contributed by atoms with van der Waals surface area (Å²) in [6, 6.07) is 27.3. The van der Waals surface area contributed by atoms with E-state index in [0.717, 1.165) is 52.2 Å². The maximum Gasteiger partial charge on any atom is 0.335 e. The van der Waals surface area contributed by atoms with Gasteiger partial charge in [0.1, 0.15) is 18.5 Å². The molecule has 0 bridgehead atoms. The number of rotatable bonds is 8. The summed E-state index contributed by atoms with van der Waals surface area (Å²) in [6.45, 7) is 1.80. The molecule has 1 heterocycles. The van der Waals surface area contributed by atoms with Gasteiger partial charge in [0.2, 0.25) is 5.91 Å². The van der Waals surface area contributed by atoms with Gasteiger partial charge in [0.25, 0.3) is 0 Å². The number of nitrogens with one attached hydrogen (secondary N) is 2. The SMILES string of the molecule is CC(=O)Nc1ccc(-c2ccc(Cl)cc2)c(COc2ccc(C3Nc4cc(C(=O)O)ccc4N3C3CCCCC3)cc2)c1. The molecule has 8 heteroatoms. The lowest BCUT2D eigenvalue weighted by atomic mass is 9.93. The van der Waals surface area contributed by atoms with Crippen molar-refractivity contribution >= 4 is 40.5 Å². The summed E-state index contributed by atoms with van der Waals surface area (Å²) in [4.78, 5) is 25.8. The fourth-order valence-corrected chi connectivity index (χ4v) is 6.32. The number of aromatic carboxylic acids is 1. The molecule has 1 atom stereocenters. The molecule has 1 fully saturated rings. The molecule has 0 spiro atoms. The molecule has 3 N–H and O–H groups in total. The van der Waals surface area contributed by atoms with Gasteiger partial charge in [-0.05, 0) is 89.7 Å². The molecule has 6 rings (SSSR count). The Labute approximate surface area is 256 Å². The number of benzene rings is 4. The Bertz CT molecular complexity index is 1630. The Morgan fingerprint density at radius 3 is 2.40 bits per heavy atom.